The molecule has 5 nitrogen and oxygen atoms in total. The average Bonchev–Trinajstić information content (AvgIpc) is 3.04. The van der Waals surface area contributed by atoms with Crippen LogP contribution >= 0.6 is 12.4 Å². The molecule has 1 unspecified atom stereocenters. The Kier molecular flexibility index (Phi) is 6.34. The van der Waals surface area contributed by atoms with E-state index in [1.807, 2.05) is 18.2 Å². The number of likely N-dealkylation sites (N-methyl/N-ethyl adjacent to an activating group) is 1. The smallest absolute Gasteiger partial charge is 0.147 e. The maximum absolute atomic E-state index is 14.8. The summed E-state index contributed by atoms with van der Waals surface area (Å²) < 4.78 is 21.5. The van der Waals surface area contributed by atoms with Crippen molar-refractivity contribution in [2.24, 2.45) is 4.99 Å². The van der Waals surface area contributed by atoms with Crippen LogP contribution in [-0.2, 0) is 16.8 Å². The van der Waals surface area contributed by atoms with E-state index >= 15 is 0 Å². The number of nitrogens with zero attached hydrogens (tertiary/aromatic N) is 3. The van der Waals surface area contributed by atoms with E-state index in [9.17, 15) is 9.18 Å². The first-order valence-electron chi connectivity index (χ1n) is 10.8. The molecule has 1 amide bonds. The molecular weight excluding hydrogens is 516 g/mol. The molecule has 0 bridgehead atoms. The maximum atomic E-state index is 14.8. The number of carbonyl (C=O) groups is 1. The van der Waals surface area contributed by atoms with Gasteiger partial charge in [-0.2, -0.15) is 0 Å². The number of aromatic nitrogens is 1. The van der Waals surface area contributed by atoms with Gasteiger partial charge in [0.2, 0.25) is 0 Å². The van der Waals surface area contributed by atoms with Crippen molar-refractivity contribution < 1.29 is 13.9 Å². The third-order valence-corrected chi connectivity index (χ3v) is 7.24. The Hall–Kier alpha value is -2.69. The summed E-state index contributed by atoms with van der Waals surface area (Å²) in [6, 6.07) is 14.2. The maximum Gasteiger partial charge on any atom is -0.147 e. The number of amidine groups is 1. The molecule has 0 saturated carbocycles. The number of ether oxygens (including phenoxy) is 1. The fraction of sp³-hybridized carbons (Fsp3) is 0.269. The number of fused-ring (bicyclic) bond motifs is 1. The molecule has 1 aromatic heterocycles. The number of carbonyl (C=O) groups excluding carboxylic acids is 1. The summed E-state index contributed by atoms with van der Waals surface area (Å²) in [6.07, 6.45) is 4.98. The predicted molar refractivity (Wildman–Crippen MR) is 133 cm³/mol. The molecule has 8 heteroatoms. The molecule has 34 heavy (non-hydrogen) atoms. The van der Waals surface area contributed by atoms with Gasteiger partial charge in [-0.25, -0.2) is 0 Å². The Labute approximate surface area is 213 Å². The number of amides is 1. The van der Waals surface area contributed by atoms with Crippen LogP contribution in [0.1, 0.15) is 37.0 Å². The Morgan fingerprint density at radius 1 is 1.12 bits per heavy atom. The molecule has 1 atom stereocenters. The fourth-order valence-corrected chi connectivity index (χ4v) is 5.03. The summed E-state index contributed by atoms with van der Waals surface area (Å²) in [5.74, 6) is 0.271. The van der Waals surface area contributed by atoms with Gasteiger partial charge in [0.15, 0.2) is 0 Å². The van der Waals surface area contributed by atoms with Crippen LogP contribution in [0.3, 0.4) is 0 Å². The van der Waals surface area contributed by atoms with E-state index in [1.165, 1.54) is 11.0 Å². The molecule has 2 radical (unpaired) electrons. The molecule has 2 aliphatic heterocycles. The quantitative estimate of drug-likeness (QED) is 0.455. The Balaban J connectivity index is 0.00000274. The Morgan fingerprint density at radius 3 is 2.53 bits per heavy atom. The molecule has 0 spiro atoms. The van der Waals surface area contributed by atoms with Crippen molar-refractivity contribution in [3.8, 4) is 16.9 Å². The van der Waals surface area contributed by atoms with Crippen molar-refractivity contribution in [2.75, 3.05) is 7.05 Å². The zero-order valence-corrected chi connectivity index (χ0v) is 21.8. The third kappa shape index (κ3) is 3.93. The van der Waals surface area contributed by atoms with Crippen molar-refractivity contribution in [2.45, 2.75) is 37.8 Å². The van der Waals surface area contributed by atoms with Crippen molar-refractivity contribution in [3.63, 3.8) is 0 Å². The normalized spacial score (nSPS) is 20.8. The summed E-state index contributed by atoms with van der Waals surface area (Å²) in [5.41, 5.74) is 1.90. The summed E-state index contributed by atoms with van der Waals surface area (Å²) in [7, 11) is 1.71. The second-order valence-electron chi connectivity index (χ2n) is 9.11. The zero-order valence-electron chi connectivity index (χ0n) is 19.1. The molecule has 0 saturated heterocycles. The van der Waals surface area contributed by atoms with E-state index in [1.54, 1.807) is 43.7 Å². The van der Waals surface area contributed by atoms with Crippen LogP contribution in [-0.4, -0.2) is 49.9 Å². The van der Waals surface area contributed by atoms with Gasteiger partial charge >= 0.3 is 201 Å². The molecule has 0 fully saturated rings. The van der Waals surface area contributed by atoms with Crippen molar-refractivity contribution in [1.29, 1.82) is 0 Å². The summed E-state index contributed by atoms with van der Waals surface area (Å²) >= 11 is 2.35. The fourth-order valence-electron chi connectivity index (χ4n) is 4.53. The van der Waals surface area contributed by atoms with Crippen molar-refractivity contribution in [3.05, 3.63) is 83.4 Å². The van der Waals surface area contributed by atoms with Gasteiger partial charge in [-0.15, -0.1) is 12.4 Å². The van der Waals surface area contributed by atoms with E-state index in [4.69, 9.17) is 9.73 Å². The third-order valence-electron chi connectivity index (χ3n) is 6.40. The molecule has 5 rings (SSSR count). The van der Waals surface area contributed by atoms with Crippen molar-refractivity contribution in [1.82, 2.24) is 9.88 Å². The number of benzene rings is 2. The number of rotatable bonds is 3. The zero-order chi connectivity index (χ0) is 23.4. The number of hydrogen-bond donors (Lipinski definition) is 0. The summed E-state index contributed by atoms with van der Waals surface area (Å²) in [5, 5.41) is 0. The largest absolute Gasteiger partial charge is 0.147 e. The minimum absolute atomic E-state index is 0. The van der Waals surface area contributed by atoms with Crippen LogP contribution in [0.25, 0.3) is 11.1 Å². The number of halogens is 2. The van der Waals surface area contributed by atoms with Gasteiger partial charge in [0, 0.05) is 0 Å². The van der Waals surface area contributed by atoms with Gasteiger partial charge in [0.1, 0.15) is 0 Å². The second kappa shape index (κ2) is 8.83. The number of aliphatic imine (C=N–C) groups is 1. The molecule has 3 aromatic rings. The molecule has 0 N–H and O–H groups in total. The topological polar surface area (TPSA) is 54.8 Å². The molecule has 0 aliphatic carbocycles. The molecule has 174 valence electrons. The van der Waals surface area contributed by atoms with Gasteiger partial charge < -0.3 is 0 Å². The van der Waals surface area contributed by atoms with Crippen LogP contribution in [0, 0.1) is 5.82 Å². The molecule has 2 aliphatic rings. The Morgan fingerprint density at radius 2 is 1.85 bits per heavy atom. The van der Waals surface area contributed by atoms with Crippen LogP contribution < -0.4 is 4.74 Å². The van der Waals surface area contributed by atoms with Crippen molar-refractivity contribution >= 4 is 39.8 Å². The summed E-state index contributed by atoms with van der Waals surface area (Å²) in [6.45, 7) is 4.15. The van der Waals surface area contributed by atoms with Gasteiger partial charge in [-0.1, -0.05) is 0 Å². The van der Waals surface area contributed by atoms with Gasteiger partial charge in [0.05, 0.1) is 0 Å². The minimum atomic E-state index is -1.30. The first kappa shape index (κ1) is 24.4. The average molecular weight is 540 g/mol. The predicted octanol–water partition coefficient (Wildman–Crippen LogP) is 4.65. The van der Waals surface area contributed by atoms with Crippen LogP contribution in [0.2, 0.25) is 0 Å². The number of hydrogen-bond acceptors (Lipinski definition) is 4. The van der Waals surface area contributed by atoms with Gasteiger partial charge in [-0.3, -0.25) is 0 Å². The first-order valence-corrected chi connectivity index (χ1v) is 11.7. The van der Waals surface area contributed by atoms with Crippen LogP contribution in [0.5, 0.6) is 5.75 Å². The number of aryl methyl sites for hydroxylation is 1. The molecule has 3 heterocycles. The van der Waals surface area contributed by atoms with Crippen LogP contribution in [0.4, 0.5) is 4.39 Å². The van der Waals surface area contributed by atoms with Crippen LogP contribution in [0.15, 0.2) is 65.9 Å². The SMILES string of the molecule is CN1C(=O)C(c2ccc3c(c2)CCC(C)(C)O3)(c2ccc(F)c(-c3cccnc3)c2)N=C1[As].Cl. The van der Waals surface area contributed by atoms with E-state index in [-0.39, 0.29) is 29.7 Å². The first-order chi connectivity index (χ1) is 15.7. The molecule has 2 aromatic carbocycles. The van der Waals surface area contributed by atoms with E-state index in [0.717, 1.165) is 29.7 Å². The van der Waals surface area contributed by atoms with E-state index in [2.05, 4.69) is 35.7 Å². The monoisotopic (exact) mass is 539 g/mol. The minimum Gasteiger partial charge on any atom is -0.147 e. The van der Waals surface area contributed by atoms with E-state index < -0.39 is 5.54 Å². The molecular formula is C26H24AsClFN3O2. The number of pyridine rings is 1. The second-order valence-corrected chi connectivity index (χ2v) is 9.95. The van der Waals surface area contributed by atoms with E-state index in [0.29, 0.717) is 21.3 Å². The van der Waals surface area contributed by atoms with Gasteiger partial charge in [0.25, 0.3) is 0 Å². The Bertz CT molecular complexity index is 1300. The standard InChI is InChI=1S/C26H23AsFN3O2.ClH/c1-25(2)11-10-16-13-18(7-9-22(16)33-25)26(23(32)31(3)24(27)30-26)19-6-8-21(28)20(14-19)17-5-4-12-29-15-17;/h4-9,12-15H,10-11H2,1-3H3;1H. The van der Waals surface area contributed by atoms with Gasteiger partial charge in [-0.05, 0) is 0 Å². The summed E-state index contributed by atoms with van der Waals surface area (Å²) in [4.78, 5) is 24.2.